The van der Waals surface area contributed by atoms with E-state index in [2.05, 4.69) is 6.92 Å². The molecule has 0 aromatic heterocycles. The van der Waals surface area contributed by atoms with E-state index in [0.717, 1.165) is 18.6 Å². The molecule has 3 unspecified atom stereocenters. The van der Waals surface area contributed by atoms with E-state index in [0.29, 0.717) is 25.3 Å². The number of carbonyl (C=O) groups is 1. The van der Waals surface area contributed by atoms with Crippen molar-refractivity contribution in [2.75, 3.05) is 26.4 Å². The van der Waals surface area contributed by atoms with Crippen molar-refractivity contribution < 1.29 is 31.6 Å². The van der Waals surface area contributed by atoms with E-state index < -0.39 is 21.8 Å². The van der Waals surface area contributed by atoms with Gasteiger partial charge < -0.3 is 19.1 Å². The molecular weight excluding hydrogens is 623 g/mol. The van der Waals surface area contributed by atoms with Crippen LogP contribution in [0.4, 0.5) is 4.79 Å². The molecule has 0 saturated carbocycles. The summed E-state index contributed by atoms with van der Waals surface area (Å²) < 4.78 is 47.2. The smallest absolute Gasteiger partial charge is 0.434 e. The zero-order valence-corrected chi connectivity index (χ0v) is 30.0. The Balaban J connectivity index is 1.12. The van der Waals surface area contributed by atoms with Crippen LogP contribution in [0.2, 0.25) is 0 Å². The molecule has 0 amide bonds. The molecule has 0 N–H and O–H groups in total. The Bertz CT molecular complexity index is 1100. The zero-order chi connectivity index (χ0) is 32.9. The maximum absolute atomic E-state index is 12.6. The van der Waals surface area contributed by atoms with Gasteiger partial charge in [-0.3, -0.25) is 0 Å². The number of hydrogen-bond donors (Lipinski definition) is 0. The van der Waals surface area contributed by atoms with Crippen molar-refractivity contribution in [3.8, 4) is 0 Å². The summed E-state index contributed by atoms with van der Waals surface area (Å²) in [4.78, 5) is 14.0. The summed E-state index contributed by atoms with van der Waals surface area (Å²) in [7, 11) is -3.87. The minimum Gasteiger partial charge on any atom is -0.434 e. The number of ether oxygens (including phenoxy) is 3. The Hall–Kier alpha value is -1.75. The first-order valence-corrected chi connectivity index (χ1v) is 20.2. The number of unbranched alkanes of at least 4 members (excludes halogenated alkanes) is 14. The maximum Gasteiger partial charge on any atom is 0.508 e. The second-order valence-corrected chi connectivity index (χ2v) is 15.4. The molecule has 0 aliphatic carbocycles. The molecule has 46 heavy (non-hydrogen) atoms. The lowest BCUT2D eigenvalue weighted by Crippen LogP contribution is -2.30. The summed E-state index contributed by atoms with van der Waals surface area (Å²) >= 11 is 1.30. The lowest BCUT2D eigenvalue weighted by atomic mass is 9.97. The van der Waals surface area contributed by atoms with E-state index in [1.807, 2.05) is 23.4 Å². The molecule has 0 bridgehead atoms. The van der Waals surface area contributed by atoms with E-state index in [1.54, 1.807) is 24.3 Å². The molecule has 10 heteroatoms. The van der Waals surface area contributed by atoms with Crippen molar-refractivity contribution in [1.82, 2.24) is 4.90 Å². The van der Waals surface area contributed by atoms with Gasteiger partial charge in [0.25, 0.3) is 10.1 Å². The second kappa shape index (κ2) is 22.8. The summed E-state index contributed by atoms with van der Waals surface area (Å²) in [6.07, 6.45) is 23.8. The highest BCUT2D eigenvalue weighted by atomic mass is 32.2. The highest BCUT2D eigenvalue weighted by Crippen LogP contribution is 2.30. The minimum atomic E-state index is -3.87. The molecule has 1 saturated heterocycles. The second-order valence-electron chi connectivity index (χ2n) is 12.9. The first-order chi connectivity index (χ1) is 22.4. The molecule has 8 nitrogen and oxygen atoms in total. The Morgan fingerprint density at radius 2 is 1.50 bits per heavy atom. The molecule has 3 atom stereocenters. The molecule has 2 aliphatic rings. The Morgan fingerprint density at radius 3 is 2.15 bits per heavy atom. The summed E-state index contributed by atoms with van der Waals surface area (Å²) in [5, 5.41) is 1.82. The van der Waals surface area contributed by atoms with Crippen LogP contribution in [0.1, 0.15) is 128 Å². The number of nitrogens with zero attached hydrogens (tertiary/aromatic N) is 1. The number of rotatable bonds is 25. The largest absolute Gasteiger partial charge is 0.508 e. The van der Waals surface area contributed by atoms with Crippen LogP contribution in [-0.2, 0) is 28.5 Å². The van der Waals surface area contributed by atoms with Gasteiger partial charge in [-0.05, 0) is 56.1 Å². The van der Waals surface area contributed by atoms with Crippen molar-refractivity contribution in [3.05, 3.63) is 41.4 Å². The predicted molar refractivity (Wildman–Crippen MR) is 186 cm³/mol. The van der Waals surface area contributed by atoms with Crippen molar-refractivity contribution >= 4 is 28.0 Å². The van der Waals surface area contributed by atoms with Crippen LogP contribution >= 0.6 is 11.8 Å². The van der Waals surface area contributed by atoms with Crippen LogP contribution < -0.4 is 0 Å². The number of carbonyl (C=O) groups excluding carboxylic acids is 1. The Kier molecular flexibility index (Phi) is 19.1. The predicted octanol–water partition coefficient (Wildman–Crippen LogP) is 9.71. The third-order valence-corrected chi connectivity index (χ3v) is 11.1. The van der Waals surface area contributed by atoms with Crippen molar-refractivity contribution in [3.63, 3.8) is 0 Å². The fraction of sp³-hybridized carbons (Fsp3) is 0.750. The van der Waals surface area contributed by atoms with Crippen LogP contribution in [0.15, 0.2) is 40.8 Å². The average Bonchev–Trinajstić information content (AvgIpc) is 3.69. The number of aryl methyl sites for hydroxylation is 1. The van der Waals surface area contributed by atoms with Gasteiger partial charge in [0, 0.05) is 12.7 Å². The molecule has 262 valence electrons. The van der Waals surface area contributed by atoms with Crippen LogP contribution in [0.5, 0.6) is 0 Å². The van der Waals surface area contributed by atoms with Crippen molar-refractivity contribution in [1.29, 1.82) is 0 Å². The quantitative estimate of drug-likeness (QED) is 0.0568. The van der Waals surface area contributed by atoms with Crippen LogP contribution in [0.3, 0.4) is 0 Å². The summed E-state index contributed by atoms with van der Waals surface area (Å²) in [6.45, 7) is 5.98. The molecule has 0 radical (unpaired) electrons. The molecule has 2 heterocycles. The van der Waals surface area contributed by atoms with E-state index in [4.69, 9.17) is 18.4 Å². The Morgan fingerprint density at radius 1 is 0.870 bits per heavy atom. The van der Waals surface area contributed by atoms with Gasteiger partial charge in [0.15, 0.2) is 0 Å². The standard InChI is InChI=1S/C36H59NO7S2/c1-3-4-5-6-7-8-9-10-11-12-13-14-15-16-19-32-28-33(42-29-32)30-43-36(38)41-26-18-17-24-37-25-27-45-35(37)44-46(39,40)34-22-20-31(2)21-23-34/h20-23,25,27,32-33,35H,3-19,24,26,28-30H2,1-2H3. The third kappa shape index (κ3) is 15.9. The van der Waals surface area contributed by atoms with Gasteiger partial charge in [-0.1, -0.05) is 126 Å². The van der Waals surface area contributed by atoms with Gasteiger partial charge in [0.2, 0.25) is 5.56 Å². The minimum absolute atomic E-state index is 0.0447. The van der Waals surface area contributed by atoms with E-state index in [1.165, 1.54) is 108 Å². The highest BCUT2D eigenvalue weighted by Gasteiger charge is 2.28. The molecule has 1 fully saturated rings. The molecular formula is C36H59NO7S2. The highest BCUT2D eigenvalue weighted by molar-refractivity contribution is 8.03. The molecule has 0 spiro atoms. The van der Waals surface area contributed by atoms with Crippen molar-refractivity contribution in [2.24, 2.45) is 5.92 Å². The van der Waals surface area contributed by atoms with Crippen LogP contribution in [-0.4, -0.2) is 57.5 Å². The van der Waals surface area contributed by atoms with E-state index >= 15 is 0 Å². The topological polar surface area (TPSA) is 91.4 Å². The fourth-order valence-electron chi connectivity index (χ4n) is 5.94. The van der Waals surface area contributed by atoms with E-state index in [9.17, 15) is 13.2 Å². The van der Waals surface area contributed by atoms with Gasteiger partial charge in [-0.25, -0.2) is 8.98 Å². The SMILES string of the molecule is CCCCCCCCCCCCCCCCC1COC(COC(=O)OCCCCN2C=CSC2OS(=O)(=O)c2ccc(C)cc2)C1. The van der Waals surface area contributed by atoms with Gasteiger partial charge in [0.05, 0.1) is 24.2 Å². The normalized spacial score (nSPS) is 19.6. The Labute approximate surface area is 283 Å². The lowest BCUT2D eigenvalue weighted by Gasteiger charge is -2.24. The zero-order valence-electron chi connectivity index (χ0n) is 28.4. The van der Waals surface area contributed by atoms with Gasteiger partial charge in [0.1, 0.15) is 6.61 Å². The number of hydrogen-bond acceptors (Lipinski definition) is 9. The first-order valence-electron chi connectivity index (χ1n) is 17.9. The fourth-order valence-corrected chi connectivity index (χ4v) is 8.03. The number of thioether (sulfide) groups is 1. The molecule has 1 aromatic rings. The van der Waals surface area contributed by atoms with Gasteiger partial charge in [-0.15, -0.1) is 0 Å². The average molecular weight is 682 g/mol. The summed E-state index contributed by atoms with van der Waals surface area (Å²) in [6, 6.07) is 6.60. The van der Waals surface area contributed by atoms with Gasteiger partial charge >= 0.3 is 6.16 Å². The maximum atomic E-state index is 12.6. The molecule has 2 aliphatic heterocycles. The first kappa shape index (κ1) is 38.7. The van der Waals surface area contributed by atoms with Crippen molar-refractivity contribution in [2.45, 2.75) is 146 Å². The van der Waals surface area contributed by atoms with Crippen LogP contribution in [0, 0.1) is 12.8 Å². The number of benzene rings is 1. The molecule has 3 rings (SSSR count). The summed E-state index contributed by atoms with van der Waals surface area (Å²) in [5.74, 6) is 0.555. The van der Waals surface area contributed by atoms with Gasteiger partial charge in [-0.2, -0.15) is 8.42 Å². The third-order valence-electron chi connectivity index (χ3n) is 8.78. The summed E-state index contributed by atoms with van der Waals surface area (Å²) in [5.41, 5.74) is 0.330. The van der Waals surface area contributed by atoms with E-state index in [-0.39, 0.29) is 24.2 Å². The monoisotopic (exact) mass is 681 g/mol. The van der Waals surface area contributed by atoms with Crippen LogP contribution in [0.25, 0.3) is 0 Å². The lowest BCUT2D eigenvalue weighted by molar-refractivity contribution is 0.00701. The molecule has 1 aromatic carbocycles.